The van der Waals surface area contributed by atoms with Crippen molar-refractivity contribution in [1.82, 2.24) is 10.3 Å². The molecule has 2 heterocycles. The Labute approximate surface area is 108 Å². The first-order chi connectivity index (χ1) is 8.38. The van der Waals surface area contributed by atoms with Gasteiger partial charge >= 0.3 is 0 Å². The number of rotatable bonds is 3. The van der Waals surface area contributed by atoms with E-state index in [1.807, 2.05) is 13.2 Å². The van der Waals surface area contributed by atoms with E-state index in [9.17, 15) is 0 Å². The van der Waals surface area contributed by atoms with Gasteiger partial charge in [-0.1, -0.05) is 18.2 Å². The molecular formula is C13H12N2S2. The number of thiazole rings is 1. The molecule has 0 saturated heterocycles. The van der Waals surface area contributed by atoms with Crippen molar-refractivity contribution in [3.8, 4) is 10.4 Å². The monoisotopic (exact) mass is 260 g/mol. The third-order valence-electron chi connectivity index (χ3n) is 2.63. The Morgan fingerprint density at radius 3 is 3.06 bits per heavy atom. The normalized spacial score (nSPS) is 11.1. The molecule has 0 spiro atoms. The number of fused-ring (bicyclic) bond motifs is 1. The number of benzene rings is 1. The maximum absolute atomic E-state index is 4.43. The fourth-order valence-electron chi connectivity index (χ4n) is 1.84. The maximum Gasteiger partial charge on any atom is 0.107 e. The van der Waals surface area contributed by atoms with Crippen LogP contribution in [0.25, 0.3) is 20.5 Å². The number of hydrogen-bond acceptors (Lipinski definition) is 4. The first kappa shape index (κ1) is 10.9. The fourth-order valence-corrected chi connectivity index (χ4v) is 3.83. The molecule has 2 aromatic heterocycles. The minimum Gasteiger partial charge on any atom is -0.314 e. The summed E-state index contributed by atoms with van der Waals surface area (Å²) in [7, 11) is 1.95. The van der Waals surface area contributed by atoms with E-state index < -0.39 is 0 Å². The molecule has 0 bridgehead atoms. The molecule has 0 aliphatic rings. The van der Waals surface area contributed by atoms with Crippen LogP contribution in [0.15, 0.2) is 35.8 Å². The van der Waals surface area contributed by atoms with Crippen molar-refractivity contribution < 1.29 is 0 Å². The summed E-state index contributed by atoms with van der Waals surface area (Å²) in [5.41, 5.74) is 1.31. The molecular weight excluding hydrogens is 248 g/mol. The summed E-state index contributed by atoms with van der Waals surface area (Å²) in [6.45, 7) is 0.840. The summed E-state index contributed by atoms with van der Waals surface area (Å²) >= 11 is 3.56. The molecule has 1 aromatic carbocycles. The highest BCUT2D eigenvalue weighted by Gasteiger charge is 2.09. The van der Waals surface area contributed by atoms with Gasteiger partial charge in [0, 0.05) is 33.8 Å². The zero-order valence-corrected chi connectivity index (χ0v) is 11.1. The molecule has 17 heavy (non-hydrogen) atoms. The van der Waals surface area contributed by atoms with Crippen LogP contribution < -0.4 is 5.32 Å². The molecule has 4 heteroatoms. The third kappa shape index (κ3) is 1.99. The second-order valence-electron chi connectivity index (χ2n) is 3.79. The van der Waals surface area contributed by atoms with Crippen LogP contribution in [0, 0.1) is 0 Å². The van der Waals surface area contributed by atoms with Gasteiger partial charge in [0.05, 0.1) is 4.88 Å². The summed E-state index contributed by atoms with van der Waals surface area (Å²) in [4.78, 5) is 5.69. The second kappa shape index (κ2) is 4.56. The first-order valence-corrected chi connectivity index (χ1v) is 7.14. The first-order valence-electron chi connectivity index (χ1n) is 5.44. The van der Waals surface area contributed by atoms with Gasteiger partial charge < -0.3 is 5.32 Å². The average Bonchev–Trinajstić information content (AvgIpc) is 2.95. The van der Waals surface area contributed by atoms with E-state index in [1.165, 1.54) is 20.5 Å². The Balaban J connectivity index is 2.07. The molecule has 0 amide bonds. The van der Waals surface area contributed by atoms with Crippen LogP contribution in [-0.4, -0.2) is 12.0 Å². The lowest BCUT2D eigenvalue weighted by Gasteiger charge is -1.94. The van der Waals surface area contributed by atoms with Gasteiger partial charge in [0.15, 0.2) is 0 Å². The van der Waals surface area contributed by atoms with Crippen LogP contribution in [0.4, 0.5) is 0 Å². The lowest BCUT2D eigenvalue weighted by atomic mass is 10.1. The van der Waals surface area contributed by atoms with E-state index in [0.717, 1.165) is 11.6 Å². The van der Waals surface area contributed by atoms with Crippen LogP contribution in [0.2, 0.25) is 0 Å². The van der Waals surface area contributed by atoms with Gasteiger partial charge in [-0.15, -0.1) is 22.7 Å². The standard InChI is InChI=1S/C13H12N2S2/c1-14-7-13-15-6-12(17-13)10-8-16-11-5-3-2-4-9(10)11/h2-6,8,14H,7H2,1H3. The van der Waals surface area contributed by atoms with Gasteiger partial charge in [-0.3, -0.25) is 0 Å². The van der Waals surface area contributed by atoms with Gasteiger partial charge in [0.1, 0.15) is 5.01 Å². The Hall–Kier alpha value is -1.23. The Kier molecular flexibility index (Phi) is 2.93. The van der Waals surface area contributed by atoms with Crippen LogP contribution >= 0.6 is 22.7 Å². The highest BCUT2D eigenvalue weighted by atomic mass is 32.1. The van der Waals surface area contributed by atoms with Crippen molar-refractivity contribution in [2.24, 2.45) is 0 Å². The van der Waals surface area contributed by atoms with Crippen LogP contribution in [0.1, 0.15) is 5.01 Å². The van der Waals surface area contributed by atoms with E-state index in [4.69, 9.17) is 0 Å². The van der Waals surface area contributed by atoms with E-state index in [0.29, 0.717) is 0 Å². The molecule has 3 aromatic rings. The predicted octanol–water partition coefficient (Wildman–Crippen LogP) is 3.74. The summed E-state index contributed by atoms with van der Waals surface area (Å²) < 4.78 is 1.34. The molecule has 86 valence electrons. The number of nitrogens with zero attached hydrogens (tertiary/aromatic N) is 1. The quantitative estimate of drug-likeness (QED) is 0.776. The smallest absolute Gasteiger partial charge is 0.107 e. The molecule has 0 fully saturated rings. The average molecular weight is 260 g/mol. The summed E-state index contributed by atoms with van der Waals surface area (Å²) in [5.74, 6) is 0. The number of aromatic nitrogens is 1. The van der Waals surface area contributed by atoms with Gasteiger partial charge in [0.2, 0.25) is 0 Å². The zero-order valence-electron chi connectivity index (χ0n) is 9.43. The molecule has 0 atom stereocenters. The molecule has 1 N–H and O–H groups in total. The van der Waals surface area contributed by atoms with Crippen molar-refractivity contribution in [3.63, 3.8) is 0 Å². The van der Waals surface area contributed by atoms with E-state index >= 15 is 0 Å². The van der Waals surface area contributed by atoms with E-state index in [-0.39, 0.29) is 0 Å². The van der Waals surface area contributed by atoms with Gasteiger partial charge in [0.25, 0.3) is 0 Å². The van der Waals surface area contributed by atoms with Crippen molar-refractivity contribution in [3.05, 3.63) is 40.8 Å². The fraction of sp³-hybridized carbons (Fsp3) is 0.154. The molecule has 0 radical (unpaired) electrons. The largest absolute Gasteiger partial charge is 0.314 e. The zero-order chi connectivity index (χ0) is 11.7. The Bertz CT molecular complexity index is 639. The third-order valence-corrected chi connectivity index (χ3v) is 4.62. The molecule has 0 saturated carbocycles. The van der Waals surface area contributed by atoms with Crippen molar-refractivity contribution in [2.45, 2.75) is 6.54 Å². The Morgan fingerprint density at radius 2 is 2.18 bits per heavy atom. The van der Waals surface area contributed by atoms with Crippen LogP contribution in [-0.2, 0) is 6.54 Å². The highest BCUT2D eigenvalue weighted by molar-refractivity contribution is 7.19. The second-order valence-corrected chi connectivity index (χ2v) is 5.82. The van der Waals surface area contributed by atoms with E-state index in [1.54, 1.807) is 22.7 Å². The lowest BCUT2D eigenvalue weighted by molar-refractivity contribution is 0.810. The lowest BCUT2D eigenvalue weighted by Crippen LogP contribution is -2.03. The highest BCUT2D eigenvalue weighted by Crippen LogP contribution is 2.36. The number of thiophene rings is 1. The minimum absolute atomic E-state index is 0.840. The summed E-state index contributed by atoms with van der Waals surface area (Å²) in [6, 6.07) is 8.52. The minimum atomic E-state index is 0.840. The molecule has 3 rings (SSSR count). The topological polar surface area (TPSA) is 24.9 Å². The number of hydrogen-bond donors (Lipinski definition) is 1. The predicted molar refractivity (Wildman–Crippen MR) is 75.7 cm³/mol. The Morgan fingerprint density at radius 1 is 1.29 bits per heavy atom. The molecule has 0 aliphatic carbocycles. The molecule has 0 unspecified atom stereocenters. The van der Waals surface area contributed by atoms with Crippen molar-refractivity contribution in [2.75, 3.05) is 7.05 Å². The van der Waals surface area contributed by atoms with Crippen LogP contribution in [0.5, 0.6) is 0 Å². The van der Waals surface area contributed by atoms with E-state index in [2.05, 4.69) is 39.9 Å². The van der Waals surface area contributed by atoms with Crippen molar-refractivity contribution in [1.29, 1.82) is 0 Å². The van der Waals surface area contributed by atoms with Gasteiger partial charge in [-0.2, -0.15) is 0 Å². The SMILES string of the molecule is CNCc1ncc(-c2csc3ccccc23)s1. The number of nitrogens with one attached hydrogen (secondary N) is 1. The summed E-state index contributed by atoms with van der Waals surface area (Å²) in [5, 5.41) is 7.82. The van der Waals surface area contributed by atoms with Crippen molar-refractivity contribution >= 4 is 32.8 Å². The van der Waals surface area contributed by atoms with Crippen LogP contribution in [0.3, 0.4) is 0 Å². The molecule has 2 nitrogen and oxygen atoms in total. The molecule has 0 aliphatic heterocycles. The van der Waals surface area contributed by atoms with Gasteiger partial charge in [-0.25, -0.2) is 4.98 Å². The van der Waals surface area contributed by atoms with Gasteiger partial charge in [-0.05, 0) is 13.1 Å². The maximum atomic E-state index is 4.43. The summed E-state index contributed by atoms with van der Waals surface area (Å²) in [6.07, 6.45) is 1.98.